The minimum atomic E-state index is 0.811. The Hall–Kier alpha value is -1.70. The molecule has 0 saturated heterocycles. The van der Waals surface area contributed by atoms with Crippen LogP contribution in [0.2, 0.25) is 0 Å². The first-order valence-electron chi connectivity index (χ1n) is 5.70. The largest absolute Gasteiger partial charge is 0.493 e. The van der Waals surface area contributed by atoms with E-state index in [-0.39, 0.29) is 0 Å². The maximum atomic E-state index is 5.52. The lowest BCUT2D eigenvalue weighted by atomic mass is 10.1. The van der Waals surface area contributed by atoms with Gasteiger partial charge in [0.2, 0.25) is 0 Å². The van der Waals surface area contributed by atoms with Gasteiger partial charge in [-0.3, -0.25) is 0 Å². The summed E-state index contributed by atoms with van der Waals surface area (Å²) in [5.74, 6) is 2.01. The predicted molar refractivity (Wildman–Crippen MR) is 63.5 cm³/mol. The molecule has 0 bridgehead atoms. The molecule has 0 radical (unpaired) electrons. The Bertz CT molecular complexity index is 397. The second-order valence-electron chi connectivity index (χ2n) is 3.99. The standard InChI is InChI=1S/C14H14O2/c1-3-13(15-9-1)11-5-7-12(8-6-11)14-4-2-10-16-14/h3-8H,1-2,9-10H2. The molecule has 0 unspecified atom stereocenters. The summed E-state index contributed by atoms with van der Waals surface area (Å²) in [6, 6.07) is 8.37. The molecular formula is C14H14O2. The second kappa shape index (κ2) is 4.05. The Labute approximate surface area is 95.2 Å². The minimum absolute atomic E-state index is 0.811. The first-order chi connectivity index (χ1) is 7.93. The van der Waals surface area contributed by atoms with E-state index in [0.29, 0.717) is 0 Å². The highest BCUT2D eigenvalue weighted by atomic mass is 16.5. The molecule has 2 heterocycles. The zero-order valence-electron chi connectivity index (χ0n) is 9.11. The number of rotatable bonds is 2. The van der Waals surface area contributed by atoms with Crippen LogP contribution in [0.3, 0.4) is 0 Å². The van der Waals surface area contributed by atoms with Gasteiger partial charge in [0.05, 0.1) is 13.2 Å². The van der Waals surface area contributed by atoms with Gasteiger partial charge in [-0.15, -0.1) is 0 Å². The van der Waals surface area contributed by atoms with Crippen molar-refractivity contribution in [1.29, 1.82) is 0 Å². The summed E-state index contributed by atoms with van der Waals surface area (Å²) in [4.78, 5) is 0. The Kier molecular flexibility index (Phi) is 2.41. The average Bonchev–Trinajstić information content (AvgIpc) is 3.03. The monoisotopic (exact) mass is 214 g/mol. The van der Waals surface area contributed by atoms with Crippen molar-refractivity contribution in [3.63, 3.8) is 0 Å². The van der Waals surface area contributed by atoms with Crippen molar-refractivity contribution in [2.45, 2.75) is 12.8 Å². The van der Waals surface area contributed by atoms with Crippen LogP contribution < -0.4 is 0 Å². The highest BCUT2D eigenvalue weighted by Crippen LogP contribution is 2.26. The van der Waals surface area contributed by atoms with E-state index >= 15 is 0 Å². The Morgan fingerprint density at radius 1 is 0.688 bits per heavy atom. The summed E-state index contributed by atoms with van der Waals surface area (Å²) in [6.45, 7) is 1.62. The van der Waals surface area contributed by atoms with Crippen LogP contribution in [0.1, 0.15) is 24.0 Å². The predicted octanol–water partition coefficient (Wildman–Crippen LogP) is 3.21. The Morgan fingerprint density at radius 3 is 1.44 bits per heavy atom. The number of hydrogen-bond donors (Lipinski definition) is 0. The molecule has 2 aliphatic rings. The molecular weight excluding hydrogens is 200 g/mol. The summed E-state index contributed by atoms with van der Waals surface area (Å²) in [7, 11) is 0. The quantitative estimate of drug-likeness (QED) is 0.752. The molecule has 2 heteroatoms. The van der Waals surface area contributed by atoms with Crippen molar-refractivity contribution < 1.29 is 9.47 Å². The molecule has 1 aromatic carbocycles. The molecule has 0 amide bonds. The van der Waals surface area contributed by atoms with Crippen LogP contribution in [0.4, 0.5) is 0 Å². The van der Waals surface area contributed by atoms with Crippen LogP contribution in [0.5, 0.6) is 0 Å². The summed E-state index contributed by atoms with van der Waals surface area (Å²) >= 11 is 0. The third-order valence-electron chi connectivity index (χ3n) is 2.86. The topological polar surface area (TPSA) is 18.5 Å². The fourth-order valence-electron chi connectivity index (χ4n) is 2.04. The van der Waals surface area contributed by atoms with E-state index in [2.05, 4.69) is 36.4 Å². The molecule has 0 atom stereocenters. The fraction of sp³-hybridized carbons (Fsp3) is 0.286. The van der Waals surface area contributed by atoms with Crippen LogP contribution in [-0.4, -0.2) is 13.2 Å². The van der Waals surface area contributed by atoms with Gasteiger partial charge in [-0.2, -0.15) is 0 Å². The van der Waals surface area contributed by atoms with Crippen LogP contribution in [0.15, 0.2) is 36.4 Å². The van der Waals surface area contributed by atoms with Crippen LogP contribution in [0.25, 0.3) is 11.5 Å². The number of ether oxygens (including phenoxy) is 2. The highest BCUT2D eigenvalue weighted by molar-refractivity contribution is 5.66. The molecule has 1 aromatic rings. The molecule has 0 aliphatic carbocycles. The van der Waals surface area contributed by atoms with Crippen molar-refractivity contribution in [2.75, 3.05) is 13.2 Å². The van der Waals surface area contributed by atoms with Crippen molar-refractivity contribution in [3.05, 3.63) is 47.5 Å². The van der Waals surface area contributed by atoms with E-state index < -0.39 is 0 Å². The van der Waals surface area contributed by atoms with E-state index in [1.54, 1.807) is 0 Å². The first kappa shape index (κ1) is 9.52. The average molecular weight is 214 g/mol. The number of hydrogen-bond acceptors (Lipinski definition) is 2. The lowest BCUT2D eigenvalue weighted by molar-refractivity contribution is 0.306. The Morgan fingerprint density at radius 2 is 1.12 bits per heavy atom. The fourth-order valence-corrected chi connectivity index (χ4v) is 2.04. The van der Waals surface area contributed by atoms with Gasteiger partial charge in [0, 0.05) is 24.0 Å². The van der Waals surface area contributed by atoms with E-state index in [4.69, 9.17) is 9.47 Å². The minimum Gasteiger partial charge on any atom is -0.493 e. The highest BCUT2D eigenvalue weighted by Gasteiger charge is 2.11. The van der Waals surface area contributed by atoms with Crippen molar-refractivity contribution >= 4 is 11.5 Å². The summed E-state index contributed by atoms with van der Waals surface area (Å²) in [5, 5.41) is 0. The lowest BCUT2D eigenvalue weighted by Gasteiger charge is -2.06. The smallest absolute Gasteiger partial charge is 0.122 e. The first-order valence-corrected chi connectivity index (χ1v) is 5.70. The van der Waals surface area contributed by atoms with Gasteiger partial charge in [-0.1, -0.05) is 24.3 Å². The zero-order valence-corrected chi connectivity index (χ0v) is 9.11. The van der Waals surface area contributed by atoms with Crippen LogP contribution >= 0.6 is 0 Å². The molecule has 2 nitrogen and oxygen atoms in total. The van der Waals surface area contributed by atoms with Gasteiger partial charge >= 0.3 is 0 Å². The molecule has 3 rings (SSSR count). The van der Waals surface area contributed by atoms with E-state index in [9.17, 15) is 0 Å². The van der Waals surface area contributed by atoms with Gasteiger partial charge in [0.15, 0.2) is 0 Å². The van der Waals surface area contributed by atoms with Gasteiger partial charge in [0.25, 0.3) is 0 Å². The van der Waals surface area contributed by atoms with Crippen molar-refractivity contribution in [2.24, 2.45) is 0 Å². The number of benzene rings is 1. The van der Waals surface area contributed by atoms with Gasteiger partial charge in [0.1, 0.15) is 11.5 Å². The van der Waals surface area contributed by atoms with Crippen LogP contribution in [-0.2, 0) is 9.47 Å². The molecule has 0 fully saturated rings. The molecule has 0 aromatic heterocycles. The second-order valence-corrected chi connectivity index (χ2v) is 3.99. The lowest BCUT2D eigenvalue weighted by Crippen LogP contribution is -1.89. The van der Waals surface area contributed by atoms with Gasteiger partial charge in [-0.25, -0.2) is 0 Å². The maximum Gasteiger partial charge on any atom is 0.122 e. The van der Waals surface area contributed by atoms with Crippen LogP contribution in [0, 0.1) is 0 Å². The third-order valence-corrected chi connectivity index (χ3v) is 2.86. The molecule has 0 spiro atoms. The molecule has 16 heavy (non-hydrogen) atoms. The molecule has 0 N–H and O–H groups in total. The van der Waals surface area contributed by atoms with Crippen molar-refractivity contribution in [3.8, 4) is 0 Å². The Balaban J connectivity index is 1.84. The van der Waals surface area contributed by atoms with Crippen molar-refractivity contribution in [1.82, 2.24) is 0 Å². The summed E-state index contributed by atoms with van der Waals surface area (Å²) in [5.41, 5.74) is 2.31. The summed E-state index contributed by atoms with van der Waals surface area (Å²) < 4.78 is 11.0. The van der Waals surface area contributed by atoms with Gasteiger partial charge in [-0.05, 0) is 12.2 Å². The van der Waals surface area contributed by atoms with Gasteiger partial charge < -0.3 is 9.47 Å². The SMILES string of the molecule is C1=C(c2ccc(C3=CCCO3)cc2)OCC1. The molecule has 2 aliphatic heterocycles. The zero-order chi connectivity index (χ0) is 10.8. The van der Waals surface area contributed by atoms with E-state index in [1.807, 2.05) is 0 Å². The normalized spacial score (nSPS) is 18.8. The maximum absolute atomic E-state index is 5.52. The summed E-state index contributed by atoms with van der Waals surface area (Å²) in [6.07, 6.45) is 6.32. The molecule has 0 saturated carbocycles. The van der Waals surface area contributed by atoms with E-state index in [1.165, 1.54) is 0 Å². The van der Waals surface area contributed by atoms with E-state index in [0.717, 1.165) is 48.7 Å². The third kappa shape index (κ3) is 1.71. The molecule has 82 valence electrons.